The molecule has 1 aromatic heterocycles. The van der Waals surface area contributed by atoms with E-state index in [4.69, 9.17) is 14.2 Å². The third-order valence-corrected chi connectivity index (χ3v) is 6.81. The first kappa shape index (κ1) is 22.8. The number of morpholine rings is 1. The van der Waals surface area contributed by atoms with Crippen molar-refractivity contribution in [2.75, 3.05) is 46.1 Å². The number of carbonyl (C=O) groups excluding carboxylic acids is 1. The van der Waals surface area contributed by atoms with Gasteiger partial charge < -0.3 is 14.2 Å². The monoisotopic (exact) mass is 457 g/mol. The van der Waals surface area contributed by atoms with Crippen molar-refractivity contribution >= 4 is 23.5 Å². The van der Waals surface area contributed by atoms with Crippen molar-refractivity contribution in [3.05, 3.63) is 45.1 Å². The maximum absolute atomic E-state index is 12.6. The molecule has 1 aliphatic carbocycles. The van der Waals surface area contributed by atoms with Crippen LogP contribution in [-0.2, 0) is 17.6 Å². The second-order valence-corrected chi connectivity index (χ2v) is 8.86. The summed E-state index contributed by atoms with van der Waals surface area (Å²) >= 11 is 1.68. The molecule has 1 N–H and O–H groups in total. The lowest BCUT2D eigenvalue weighted by Gasteiger charge is -2.26. The molecule has 0 radical (unpaired) electrons. The molecule has 8 heteroatoms. The van der Waals surface area contributed by atoms with E-state index in [1.807, 2.05) is 30.5 Å². The molecule has 7 nitrogen and oxygen atoms in total. The smallest absolute Gasteiger partial charge is 0.272 e. The molecular formula is C24H31N3O4S. The van der Waals surface area contributed by atoms with Gasteiger partial charge in [0.15, 0.2) is 11.5 Å². The fourth-order valence-electron chi connectivity index (χ4n) is 4.01. The number of hydrogen-bond acceptors (Lipinski definition) is 7. The van der Waals surface area contributed by atoms with Gasteiger partial charge in [0.25, 0.3) is 5.91 Å². The molecule has 32 heavy (non-hydrogen) atoms. The number of ether oxygens (including phenoxy) is 3. The molecule has 4 rings (SSSR count). The number of benzene rings is 1. The maximum atomic E-state index is 12.6. The molecule has 2 heterocycles. The van der Waals surface area contributed by atoms with Crippen LogP contribution in [0.25, 0.3) is 0 Å². The largest absolute Gasteiger partial charge is 0.490 e. The highest BCUT2D eigenvalue weighted by Gasteiger charge is 2.19. The van der Waals surface area contributed by atoms with Crippen molar-refractivity contribution in [3.63, 3.8) is 0 Å². The Hall–Kier alpha value is -2.42. The summed E-state index contributed by atoms with van der Waals surface area (Å²) in [6, 6.07) is 5.69. The van der Waals surface area contributed by atoms with Gasteiger partial charge in [0.05, 0.1) is 31.6 Å². The van der Waals surface area contributed by atoms with E-state index in [1.54, 1.807) is 17.6 Å². The lowest BCUT2D eigenvalue weighted by Crippen LogP contribution is -2.38. The summed E-state index contributed by atoms with van der Waals surface area (Å²) in [4.78, 5) is 16.2. The topological polar surface area (TPSA) is 72.4 Å². The molecule has 1 fully saturated rings. The Morgan fingerprint density at radius 3 is 2.91 bits per heavy atom. The predicted octanol–water partition coefficient (Wildman–Crippen LogP) is 3.50. The molecule has 1 aliphatic heterocycles. The Labute approximate surface area is 193 Å². The van der Waals surface area contributed by atoms with Gasteiger partial charge in [-0.15, -0.1) is 11.3 Å². The van der Waals surface area contributed by atoms with E-state index >= 15 is 0 Å². The Balaban J connectivity index is 1.33. The van der Waals surface area contributed by atoms with E-state index in [0.29, 0.717) is 24.7 Å². The number of aryl methyl sites for hydroxylation is 1. The van der Waals surface area contributed by atoms with Gasteiger partial charge in [0.1, 0.15) is 6.61 Å². The first-order chi connectivity index (χ1) is 15.7. The highest BCUT2D eigenvalue weighted by molar-refractivity contribution is 7.10. The molecule has 0 saturated carbocycles. The van der Waals surface area contributed by atoms with E-state index in [1.165, 1.54) is 16.9 Å². The van der Waals surface area contributed by atoms with Crippen LogP contribution in [0.3, 0.4) is 0 Å². The minimum atomic E-state index is -0.145. The van der Waals surface area contributed by atoms with Gasteiger partial charge in [-0.1, -0.05) is 0 Å². The second kappa shape index (κ2) is 11.4. The van der Waals surface area contributed by atoms with Gasteiger partial charge in [-0.05, 0) is 61.9 Å². The molecule has 0 bridgehead atoms. The van der Waals surface area contributed by atoms with E-state index in [9.17, 15) is 4.79 Å². The van der Waals surface area contributed by atoms with Crippen molar-refractivity contribution in [1.29, 1.82) is 0 Å². The van der Waals surface area contributed by atoms with Gasteiger partial charge in [0.2, 0.25) is 0 Å². The number of amides is 1. The molecule has 0 atom stereocenters. The van der Waals surface area contributed by atoms with E-state index in [0.717, 1.165) is 63.2 Å². The van der Waals surface area contributed by atoms with Crippen molar-refractivity contribution in [3.8, 4) is 11.5 Å². The zero-order chi connectivity index (χ0) is 22.2. The summed E-state index contributed by atoms with van der Waals surface area (Å²) in [6.45, 7) is 7.38. The van der Waals surface area contributed by atoms with Crippen molar-refractivity contribution < 1.29 is 19.0 Å². The van der Waals surface area contributed by atoms with Gasteiger partial charge in [-0.25, -0.2) is 5.43 Å². The summed E-state index contributed by atoms with van der Waals surface area (Å²) in [6.07, 6.45) is 6.06. The molecule has 1 saturated heterocycles. The van der Waals surface area contributed by atoms with E-state index in [-0.39, 0.29) is 5.91 Å². The predicted molar refractivity (Wildman–Crippen MR) is 126 cm³/mol. The van der Waals surface area contributed by atoms with E-state index in [2.05, 4.69) is 15.4 Å². The second-order valence-electron chi connectivity index (χ2n) is 7.90. The number of nitrogens with one attached hydrogen (secondary N) is 1. The SMILES string of the molecule is CCOc1cc(/C=N/NC(=O)c2csc3c2CCCC3)ccc1OCCN1CCOCC1. The van der Waals surface area contributed by atoms with Crippen LogP contribution in [0, 0.1) is 0 Å². The van der Waals surface area contributed by atoms with Crippen LogP contribution in [0.4, 0.5) is 0 Å². The number of nitrogens with zero attached hydrogens (tertiary/aromatic N) is 2. The van der Waals surface area contributed by atoms with Gasteiger partial charge in [-0.3, -0.25) is 9.69 Å². The standard InChI is InChI=1S/C24H31N3O4S/c1-2-30-22-15-18(7-8-21(22)31-14-11-27-9-12-29-13-10-27)16-25-26-24(28)20-17-32-23-6-4-3-5-19(20)23/h7-8,15-17H,2-6,9-14H2,1H3,(H,26,28)/b25-16+. The Bertz CT molecular complexity index is 937. The minimum Gasteiger partial charge on any atom is -0.490 e. The lowest BCUT2D eigenvalue weighted by molar-refractivity contribution is 0.0321. The molecule has 2 aromatic rings. The summed E-state index contributed by atoms with van der Waals surface area (Å²) < 4.78 is 17.1. The van der Waals surface area contributed by atoms with Crippen LogP contribution in [0.15, 0.2) is 28.7 Å². The summed E-state index contributed by atoms with van der Waals surface area (Å²) in [5.41, 5.74) is 5.47. The first-order valence-corrected chi connectivity index (χ1v) is 12.2. The minimum absolute atomic E-state index is 0.145. The molecular weight excluding hydrogens is 426 g/mol. The van der Waals surface area contributed by atoms with Gasteiger partial charge in [0, 0.05) is 29.9 Å². The maximum Gasteiger partial charge on any atom is 0.272 e. The van der Waals surface area contributed by atoms with Gasteiger partial charge >= 0.3 is 0 Å². The van der Waals surface area contributed by atoms with Crippen molar-refractivity contribution in [2.45, 2.75) is 32.6 Å². The summed E-state index contributed by atoms with van der Waals surface area (Å²) in [7, 11) is 0. The molecule has 0 unspecified atom stereocenters. The van der Waals surface area contributed by atoms with Crippen LogP contribution in [-0.4, -0.2) is 63.1 Å². The molecule has 1 amide bonds. The zero-order valence-electron chi connectivity index (χ0n) is 18.6. The van der Waals surface area contributed by atoms with Crippen LogP contribution < -0.4 is 14.9 Å². The molecule has 1 aromatic carbocycles. The fraction of sp³-hybridized carbons (Fsp3) is 0.500. The van der Waals surface area contributed by atoms with Crippen LogP contribution in [0.1, 0.15) is 46.1 Å². The third-order valence-electron chi connectivity index (χ3n) is 5.72. The number of thiophene rings is 1. The number of fused-ring (bicyclic) bond motifs is 1. The fourth-order valence-corrected chi connectivity index (χ4v) is 5.14. The Kier molecular flexibility index (Phi) is 8.14. The molecule has 0 spiro atoms. The van der Waals surface area contributed by atoms with Crippen molar-refractivity contribution in [1.82, 2.24) is 10.3 Å². The van der Waals surface area contributed by atoms with E-state index < -0.39 is 0 Å². The third kappa shape index (κ3) is 5.88. The Morgan fingerprint density at radius 2 is 2.06 bits per heavy atom. The van der Waals surface area contributed by atoms with Gasteiger partial charge in [-0.2, -0.15) is 5.10 Å². The highest BCUT2D eigenvalue weighted by Crippen LogP contribution is 2.30. The Morgan fingerprint density at radius 1 is 1.22 bits per heavy atom. The van der Waals surface area contributed by atoms with Crippen LogP contribution in [0.2, 0.25) is 0 Å². The number of hydrazone groups is 1. The summed E-state index contributed by atoms with van der Waals surface area (Å²) in [5.74, 6) is 1.25. The lowest BCUT2D eigenvalue weighted by atomic mass is 9.96. The molecule has 2 aliphatic rings. The van der Waals surface area contributed by atoms with Crippen LogP contribution >= 0.6 is 11.3 Å². The molecule has 172 valence electrons. The van der Waals surface area contributed by atoms with Crippen molar-refractivity contribution in [2.24, 2.45) is 5.10 Å². The number of hydrogen-bond donors (Lipinski definition) is 1. The highest BCUT2D eigenvalue weighted by atomic mass is 32.1. The summed E-state index contributed by atoms with van der Waals surface area (Å²) in [5, 5.41) is 6.12. The average molecular weight is 458 g/mol. The number of carbonyl (C=O) groups is 1. The number of rotatable bonds is 9. The quantitative estimate of drug-likeness (QED) is 0.461. The average Bonchev–Trinajstić information content (AvgIpc) is 3.26. The normalized spacial score (nSPS) is 16.7. The first-order valence-electron chi connectivity index (χ1n) is 11.4. The zero-order valence-corrected chi connectivity index (χ0v) is 19.4. The van der Waals surface area contributed by atoms with Crippen LogP contribution in [0.5, 0.6) is 11.5 Å².